The van der Waals surface area contributed by atoms with Gasteiger partial charge in [-0.15, -0.1) is 0 Å². The van der Waals surface area contributed by atoms with Gasteiger partial charge < -0.3 is 15.1 Å². The molecule has 3 rings (SSSR count). The van der Waals surface area contributed by atoms with Gasteiger partial charge in [0.05, 0.1) is 10.7 Å². The summed E-state index contributed by atoms with van der Waals surface area (Å²) < 4.78 is 0. The van der Waals surface area contributed by atoms with Gasteiger partial charge in [-0.3, -0.25) is 0 Å². The number of nitrogens with one attached hydrogen (secondary N) is 1. The van der Waals surface area contributed by atoms with E-state index in [9.17, 15) is 0 Å². The van der Waals surface area contributed by atoms with Crippen molar-refractivity contribution in [1.82, 2.24) is 14.9 Å². The van der Waals surface area contributed by atoms with Crippen molar-refractivity contribution in [2.24, 2.45) is 0 Å². The number of hydrogen-bond donors (Lipinski definition) is 1. The van der Waals surface area contributed by atoms with Crippen LogP contribution >= 0.6 is 11.6 Å². The van der Waals surface area contributed by atoms with Crippen molar-refractivity contribution in [2.75, 3.05) is 42.9 Å². The zero-order valence-electron chi connectivity index (χ0n) is 15.4. The second kappa shape index (κ2) is 7.58. The molecule has 134 valence electrons. The Balaban J connectivity index is 1.83. The number of aryl methyl sites for hydroxylation is 3. The van der Waals surface area contributed by atoms with Crippen LogP contribution in [0.2, 0.25) is 5.02 Å². The molecule has 1 aromatic heterocycles. The topological polar surface area (TPSA) is 44.3 Å². The number of aromatic nitrogens is 2. The Morgan fingerprint density at radius 1 is 1.04 bits per heavy atom. The third-order valence-corrected chi connectivity index (χ3v) is 4.95. The molecule has 0 atom stereocenters. The normalized spacial score (nSPS) is 15.5. The van der Waals surface area contributed by atoms with E-state index >= 15 is 0 Å². The molecule has 5 nitrogen and oxygen atoms in total. The number of piperazine rings is 1. The molecule has 1 aliphatic heterocycles. The number of anilines is 3. The Hall–Kier alpha value is -1.85. The minimum Gasteiger partial charge on any atom is -0.354 e. The maximum atomic E-state index is 6.42. The molecule has 0 bridgehead atoms. The Kier molecular flexibility index (Phi) is 5.45. The summed E-state index contributed by atoms with van der Waals surface area (Å²) in [6.45, 7) is 13.5. The van der Waals surface area contributed by atoms with Crippen LogP contribution in [0.5, 0.6) is 0 Å². The predicted molar refractivity (Wildman–Crippen MR) is 105 cm³/mol. The number of rotatable bonds is 4. The molecule has 25 heavy (non-hydrogen) atoms. The van der Waals surface area contributed by atoms with Gasteiger partial charge in [0, 0.05) is 32.2 Å². The Morgan fingerprint density at radius 2 is 1.76 bits per heavy atom. The SMILES string of the molecule is CCN1CCN(c2cc(Nc3c(C)cc(C)cc3Cl)nc(C)n2)CC1. The molecule has 1 N–H and O–H groups in total. The average Bonchev–Trinajstić information content (AvgIpc) is 2.58. The van der Waals surface area contributed by atoms with Crippen LogP contribution in [0.4, 0.5) is 17.3 Å². The third-order valence-electron chi connectivity index (χ3n) is 4.65. The highest BCUT2D eigenvalue weighted by molar-refractivity contribution is 6.33. The Labute approximate surface area is 155 Å². The summed E-state index contributed by atoms with van der Waals surface area (Å²) in [5, 5.41) is 4.10. The Morgan fingerprint density at radius 3 is 2.40 bits per heavy atom. The van der Waals surface area contributed by atoms with E-state index in [2.05, 4.69) is 45.0 Å². The van der Waals surface area contributed by atoms with Crippen LogP contribution in [-0.2, 0) is 0 Å². The molecule has 2 aromatic rings. The number of halogens is 1. The first-order valence-electron chi connectivity index (χ1n) is 8.83. The van der Waals surface area contributed by atoms with Crippen molar-refractivity contribution in [3.63, 3.8) is 0 Å². The summed E-state index contributed by atoms with van der Waals surface area (Å²) >= 11 is 6.42. The number of benzene rings is 1. The van der Waals surface area contributed by atoms with Crippen molar-refractivity contribution in [2.45, 2.75) is 27.7 Å². The molecule has 1 aliphatic rings. The fourth-order valence-electron chi connectivity index (χ4n) is 3.27. The van der Waals surface area contributed by atoms with Crippen LogP contribution in [0, 0.1) is 20.8 Å². The second-order valence-electron chi connectivity index (χ2n) is 6.64. The summed E-state index contributed by atoms with van der Waals surface area (Å²) in [6.07, 6.45) is 0. The van der Waals surface area contributed by atoms with Crippen LogP contribution < -0.4 is 10.2 Å². The zero-order chi connectivity index (χ0) is 18.0. The van der Waals surface area contributed by atoms with Crippen molar-refractivity contribution in [3.8, 4) is 0 Å². The van der Waals surface area contributed by atoms with Gasteiger partial charge in [0.1, 0.15) is 17.5 Å². The smallest absolute Gasteiger partial charge is 0.136 e. The van der Waals surface area contributed by atoms with Crippen LogP contribution in [0.3, 0.4) is 0 Å². The second-order valence-corrected chi connectivity index (χ2v) is 7.05. The van der Waals surface area contributed by atoms with Gasteiger partial charge in [0.25, 0.3) is 0 Å². The minimum absolute atomic E-state index is 0.715. The maximum absolute atomic E-state index is 6.42. The fourth-order valence-corrected chi connectivity index (χ4v) is 3.64. The number of hydrogen-bond acceptors (Lipinski definition) is 5. The summed E-state index contributed by atoms with van der Waals surface area (Å²) in [4.78, 5) is 14.0. The first kappa shape index (κ1) is 18.0. The molecule has 0 amide bonds. The number of nitrogens with zero attached hydrogens (tertiary/aromatic N) is 4. The molecule has 0 aliphatic carbocycles. The first-order valence-corrected chi connectivity index (χ1v) is 9.21. The van der Waals surface area contributed by atoms with E-state index in [1.54, 1.807) is 0 Å². The molecule has 1 saturated heterocycles. The highest BCUT2D eigenvalue weighted by Crippen LogP contribution is 2.30. The van der Waals surface area contributed by atoms with Gasteiger partial charge in [-0.05, 0) is 44.5 Å². The predicted octanol–water partition coefficient (Wildman–Crippen LogP) is 3.94. The van der Waals surface area contributed by atoms with Crippen molar-refractivity contribution in [3.05, 3.63) is 40.2 Å². The highest BCUT2D eigenvalue weighted by atomic mass is 35.5. The standard InChI is InChI=1S/C19H26ClN5/c1-5-24-6-8-25(9-7-24)18-12-17(21-15(4)22-18)23-19-14(3)10-13(2)11-16(19)20/h10-12H,5-9H2,1-4H3,(H,21,22,23). The molecule has 0 spiro atoms. The molecule has 0 radical (unpaired) electrons. The van der Waals surface area contributed by atoms with Crippen molar-refractivity contribution in [1.29, 1.82) is 0 Å². The van der Waals surface area contributed by atoms with Crippen LogP contribution in [0.15, 0.2) is 18.2 Å². The van der Waals surface area contributed by atoms with E-state index in [4.69, 9.17) is 11.6 Å². The lowest BCUT2D eigenvalue weighted by Crippen LogP contribution is -2.46. The molecule has 2 heterocycles. The summed E-state index contributed by atoms with van der Waals surface area (Å²) in [5.41, 5.74) is 3.17. The van der Waals surface area contributed by atoms with Gasteiger partial charge in [-0.1, -0.05) is 24.6 Å². The fraction of sp³-hybridized carbons (Fsp3) is 0.474. The van der Waals surface area contributed by atoms with Gasteiger partial charge in [0.15, 0.2) is 0 Å². The minimum atomic E-state index is 0.715. The van der Waals surface area contributed by atoms with E-state index in [0.717, 1.165) is 67.0 Å². The summed E-state index contributed by atoms with van der Waals surface area (Å²) in [5.74, 6) is 2.53. The van der Waals surface area contributed by atoms with Crippen molar-refractivity contribution >= 4 is 28.9 Å². The van der Waals surface area contributed by atoms with Gasteiger partial charge in [-0.25, -0.2) is 9.97 Å². The third kappa shape index (κ3) is 4.22. The maximum Gasteiger partial charge on any atom is 0.136 e. The van der Waals surface area contributed by atoms with Crippen LogP contribution in [0.1, 0.15) is 23.9 Å². The van der Waals surface area contributed by atoms with Gasteiger partial charge >= 0.3 is 0 Å². The molecule has 0 unspecified atom stereocenters. The number of likely N-dealkylation sites (N-methyl/N-ethyl adjacent to an activating group) is 1. The van der Waals surface area contributed by atoms with E-state index in [1.807, 2.05) is 26.0 Å². The van der Waals surface area contributed by atoms with Gasteiger partial charge in [0.2, 0.25) is 0 Å². The zero-order valence-corrected chi connectivity index (χ0v) is 16.2. The lowest BCUT2D eigenvalue weighted by molar-refractivity contribution is 0.270. The van der Waals surface area contributed by atoms with Crippen molar-refractivity contribution < 1.29 is 0 Å². The average molecular weight is 360 g/mol. The lowest BCUT2D eigenvalue weighted by Gasteiger charge is -2.34. The molecule has 6 heteroatoms. The quantitative estimate of drug-likeness (QED) is 0.895. The van der Waals surface area contributed by atoms with E-state index < -0.39 is 0 Å². The van der Waals surface area contributed by atoms with Gasteiger partial charge in [-0.2, -0.15) is 0 Å². The summed E-state index contributed by atoms with van der Waals surface area (Å²) in [7, 11) is 0. The van der Waals surface area contributed by atoms with E-state index in [-0.39, 0.29) is 0 Å². The molecule has 1 fully saturated rings. The molecular formula is C19H26ClN5. The molecule has 1 aromatic carbocycles. The van der Waals surface area contributed by atoms with Crippen LogP contribution in [-0.4, -0.2) is 47.6 Å². The first-order chi connectivity index (χ1) is 12.0. The summed E-state index contributed by atoms with van der Waals surface area (Å²) in [6, 6.07) is 6.10. The lowest BCUT2D eigenvalue weighted by atomic mass is 10.1. The monoisotopic (exact) mass is 359 g/mol. The largest absolute Gasteiger partial charge is 0.354 e. The molecule has 0 saturated carbocycles. The van der Waals surface area contributed by atoms with E-state index in [1.165, 1.54) is 0 Å². The van der Waals surface area contributed by atoms with E-state index in [0.29, 0.717) is 5.02 Å². The van der Waals surface area contributed by atoms with Crippen LogP contribution in [0.25, 0.3) is 0 Å². The Bertz CT molecular complexity index is 730. The highest BCUT2D eigenvalue weighted by Gasteiger charge is 2.18. The molecular weight excluding hydrogens is 334 g/mol.